The Morgan fingerprint density at radius 2 is 1.54 bits per heavy atom. The van der Waals surface area contributed by atoms with Crippen molar-refractivity contribution in [3.63, 3.8) is 0 Å². The zero-order chi connectivity index (χ0) is 20.4. The van der Waals surface area contributed by atoms with Crippen molar-refractivity contribution in [3.8, 4) is 5.75 Å². The molecule has 0 saturated carbocycles. The van der Waals surface area contributed by atoms with E-state index in [1.807, 2.05) is 0 Å². The van der Waals surface area contributed by atoms with Gasteiger partial charge in [-0.05, 0) is 67.2 Å². The van der Waals surface area contributed by atoms with E-state index in [1.165, 1.54) is 0 Å². The van der Waals surface area contributed by atoms with Crippen molar-refractivity contribution < 1.29 is 14.3 Å². The van der Waals surface area contributed by atoms with Crippen LogP contribution in [0.4, 0.5) is 11.4 Å². The molecule has 0 radical (unpaired) electrons. The predicted octanol–water partition coefficient (Wildman–Crippen LogP) is 4.34. The van der Waals surface area contributed by atoms with Gasteiger partial charge in [-0.1, -0.05) is 20.3 Å². The number of benzene rings is 2. The van der Waals surface area contributed by atoms with E-state index in [4.69, 9.17) is 17.0 Å². The predicted molar refractivity (Wildman–Crippen MR) is 116 cm³/mol. The first-order chi connectivity index (χ1) is 13.5. The lowest BCUT2D eigenvalue weighted by atomic mass is 10.2. The lowest BCUT2D eigenvalue weighted by Crippen LogP contribution is -2.34. The number of unbranched alkanes of at least 4 members (excludes halogenated alkanes) is 1. The molecule has 28 heavy (non-hydrogen) atoms. The van der Waals surface area contributed by atoms with Crippen molar-refractivity contribution in [1.29, 1.82) is 0 Å². The Labute approximate surface area is 170 Å². The zero-order valence-electron chi connectivity index (χ0n) is 16.1. The van der Waals surface area contributed by atoms with Crippen LogP contribution in [0.25, 0.3) is 0 Å². The molecule has 0 saturated heterocycles. The molecule has 0 bridgehead atoms. The fourth-order valence-corrected chi connectivity index (χ4v) is 2.47. The molecule has 6 nitrogen and oxygen atoms in total. The van der Waals surface area contributed by atoms with Gasteiger partial charge in [0.05, 0.1) is 6.61 Å². The zero-order valence-corrected chi connectivity index (χ0v) is 16.9. The molecule has 2 aromatic rings. The second kappa shape index (κ2) is 11.0. The van der Waals surface area contributed by atoms with E-state index in [2.05, 4.69) is 22.9 Å². The molecule has 3 N–H and O–H groups in total. The molecule has 0 aromatic heterocycles. The van der Waals surface area contributed by atoms with Crippen LogP contribution in [-0.2, 0) is 4.79 Å². The first kappa shape index (κ1) is 21.4. The highest BCUT2D eigenvalue weighted by Gasteiger charge is 2.08. The fourth-order valence-electron chi connectivity index (χ4n) is 2.26. The van der Waals surface area contributed by atoms with Crippen molar-refractivity contribution in [2.24, 2.45) is 0 Å². The van der Waals surface area contributed by atoms with Gasteiger partial charge in [0.1, 0.15) is 5.75 Å². The van der Waals surface area contributed by atoms with Crippen molar-refractivity contribution in [3.05, 3.63) is 54.1 Å². The molecule has 0 spiro atoms. The molecule has 148 valence electrons. The summed E-state index contributed by atoms with van der Waals surface area (Å²) in [6.07, 6.45) is 2.48. The van der Waals surface area contributed by atoms with Gasteiger partial charge in [-0.25, -0.2) is 0 Å². The van der Waals surface area contributed by atoms with Gasteiger partial charge in [-0.3, -0.25) is 14.9 Å². The number of amides is 2. The Hall–Kier alpha value is -2.93. The molecule has 0 fully saturated rings. The number of thiocarbonyl (C=S) groups is 1. The van der Waals surface area contributed by atoms with E-state index in [1.54, 1.807) is 55.5 Å². The Morgan fingerprint density at radius 3 is 2.11 bits per heavy atom. The molecular weight excluding hydrogens is 374 g/mol. The third-order valence-electron chi connectivity index (χ3n) is 3.86. The molecule has 0 aliphatic carbocycles. The molecule has 7 heteroatoms. The second-order valence-corrected chi connectivity index (χ2v) is 6.52. The van der Waals surface area contributed by atoms with Crippen LogP contribution < -0.4 is 20.7 Å². The van der Waals surface area contributed by atoms with Crippen molar-refractivity contribution in [1.82, 2.24) is 5.32 Å². The second-order valence-electron chi connectivity index (χ2n) is 6.11. The number of rotatable bonds is 8. The fraction of sp³-hybridized carbons (Fsp3) is 0.286. The molecule has 0 aliphatic heterocycles. The number of nitrogens with one attached hydrogen (secondary N) is 3. The van der Waals surface area contributed by atoms with Crippen LogP contribution in [0.1, 0.15) is 43.5 Å². The van der Waals surface area contributed by atoms with E-state index in [0.29, 0.717) is 30.0 Å². The molecule has 0 atom stereocenters. The first-order valence-corrected chi connectivity index (χ1v) is 9.67. The van der Waals surface area contributed by atoms with Gasteiger partial charge < -0.3 is 15.4 Å². The molecule has 0 heterocycles. The van der Waals surface area contributed by atoms with Crippen LogP contribution in [0.2, 0.25) is 0 Å². The highest BCUT2D eigenvalue weighted by molar-refractivity contribution is 7.80. The largest absolute Gasteiger partial charge is 0.494 e. The molecular formula is C21H25N3O3S. The molecule has 2 amide bonds. The standard InChI is InChI=1S/C21H25N3O3S/c1-3-5-14-27-18-12-6-15(7-13-18)20(26)24-21(28)23-17-10-8-16(9-11-17)22-19(25)4-2/h6-13H,3-5,14H2,1-2H3,(H,22,25)(H2,23,24,26,28). The minimum Gasteiger partial charge on any atom is -0.494 e. The van der Waals surface area contributed by atoms with Gasteiger partial charge in [0, 0.05) is 23.4 Å². The van der Waals surface area contributed by atoms with Crippen LogP contribution in [-0.4, -0.2) is 23.5 Å². The summed E-state index contributed by atoms with van der Waals surface area (Å²) in [4.78, 5) is 23.7. The van der Waals surface area contributed by atoms with E-state index in [9.17, 15) is 9.59 Å². The number of carbonyl (C=O) groups is 2. The lowest BCUT2D eigenvalue weighted by Gasteiger charge is -2.11. The highest BCUT2D eigenvalue weighted by Crippen LogP contribution is 2.15. The summed E-state index contributed by atoms with van der Waals surface area (Å²) < 4.78 is 5.59. The van der Waals surface area contributed by atoms with Crippen LogP contribution >= 0.6 is 12.2 Å². The molecule has 0 aliphatic rings. The molecule has 2 rings (SSSR count). The van der Waals surface area contributed by atoms with Crippen LogP contribution in [0, 0.1) is 0 Å². The summed E-state index contributed by atoms with van der Waals surface area (Å²) in [5, 5.41) is 8.55. The van der Waals surface area contributed by atoms with E-state index in [-0.39, 0.29) is 16.9 Å². The summed E-state index contributed by atoms with van der Waals surface area (Å²) in [6, 6.07) is 14.0. The maximum Gasteiger partial charge on any atom is 0.257 e. The third kappa shape index (κ3) is 7.00. The quantitative estimate of drug-likeness (QED) is 0.454. The van der Waals surface area contributed by atoms with E-state index in [0.717, 1.165) is 18.6 Å². The third-order valence-corrected chi connectivity index (χ3v) is 4.06. The molecule has 2 aromatic carbocycles. The highest BCUT2D eigenvalue weighted by atomic mass is 32.1. The van der Waals surface area contributed by atoms with Crippen LogP contribution in [0.5, 0.6) is 5.75 Å². The number of hydrogen-bond acceptors (Lipinski definition) is 4. The van der Waals surface area contributed by atoms with Gasteiger partial charge in [0.15, 0.2) is 5.11 Å². The molecule has 0 unspecified atom stereocenters. The maximum absolute atomic E-state index is 12.3. The summed E-state index contributed by atoms with van der Waals surface area (Å²) in [5.74, 6) is 0.385. The van der Waals surface area contributed by atoms with Crippen molar-refractivity contribution in [2.75, 3.05) is 17.2 Å². The summed E-state index contributed by atoms with van der Waals surface area (Å²) >= 11 is 5.19. The summed E-state index contributed by atoms with van der Waals surface area (Å²) in [7, 11) is 0. The number of carbonyl (C=O) groups excluding carboxylic acids is 2. The number of ether oxygens (including phenoxy) is 1. The smallest absolute Gasteiger partial charge is 0.257 e. The Kier molecular flexibility index (Phi) is 8.42. The summed E-state index contributed by atoms with van der Waals surface area (Å²) in [5.41, 5.74) is 1.90. The van der Waals surface area contributed by atoms with Gasteiger partial charge in [-0.15, -0.1) is 0 Å². The Balaban J connectivity index is 1.85. The van der Waals surface area contributed by atoms with Crippen LogP contribution in [0.3, 0.4) is 0 Å². The van der Waals surface area contributed by atoms with Crippen molar-refractivity contribution in [2.45, 2.75) is 33.1 Å². The van der Waals surface area contributed by atoms with E-state index >= 15 is 0 Å². The number of hydrogen-bond donors (Lipinski definition) is 3. The summed E-state index contributed by atoms with van der Waals surface area (Å²) in [6.45, 7) is 4.56. The SMILES string of the molecule is CCCCOc1ccc(C(=O)NC(=S)Nc2ccc(NC(=O)CC)cc2)cc1. The van der Waals surface area contributed by atoms with Crippen LogP contribution in [0.15, 0.2) is 48.5 Å². The average molecular weight is 400 g/mol. The topological polar surface area (TPSA) is 79.5 Å². The maximum atomic E-state index is 12.3. The van der Waals surface area contributed by atoms with Crippen molar-refractivity contribution >= 4 is 40.5 Å². The normalized spacial score (nSPS) is 10.1. The minimum atomic E-state index is -0.301. The Morgan fingerprint density at radius 1 is 0.929 bits per heavy atom. The van der Waals surface area contributed by atoms with Gasteiger partial charge in [0.2, 0.25) is 5.91 Å². The van der Waals surface area contributed by atoms with Gasteiger partial charge in [0.25, 0.3) is 5.91 Å². The monoisotopic (exact) mass is 399 g/mol. The van der Waals surface area contributed by atoms with E-state index < -0.39 is 0 Å². The van der Waals surface area contributed by atoms with Gasteiger partial charge in [-0.2, -0.15) is 0 Å². The van der Waals surface area contributed by atoms with Gasteiger partial charge >= 0.3 is 0 Å². The first-order valence-electron chi connectivity index (χ1n) is 9.27. The Bertz CT molecular complexity index is 805. The number of anilines is 2. The minimum absolute atomic E-state index is 0.0507. The lowest BCUT2D eigenvalue weighted by molar-refractivity contribution is -0.115. The average Bonchev–Trinajstić information content (AvgIpc) is 2.70.